The quantitative estimate of drug-likeness (QED) is 0.284. The average molecular weight is 464 g/mol. The summed E-state index contributed by atoms with van der Waals surface area (Å²) in [5.74, 6) is 0.510. The average Bonchev–Trinajstić information content (AvgIpc) is 3.28. The van der Waals surface area contributed by atoms with Crippen LogP contribution in [-0.4, -0.2) is 39.0 Å². The number of hydrogen-bond acceptors (Lipinski definition) is 6. The zero-order valence-corrected chi connectivity index (χ0v) is 19.5. The number of carbonyl (C=O) groups is 2. The maximum absolute atomic E-state index is 12.9. The number of aryl methyl sites for hydroxylation is 1. The molecule has 4 aromatic rings. The molecular formula is C28H25N5O2. The van der Waals surface area contributed by atoms with Gasteiger partial charge < -0.3 is 9.47 Å². The predicted molar refractivity (Wildman–Crippen MR) is 135 cm³/mol. The molecule has 0 saturated carbocycles. The van der Waals surface area contributed by atoms with Crippen LogP contribution in [0.25, 0.3) is 0 Å². The van der Waals surface area contributed by atoms with E-state index in [0.717, 1.165) is 29.2 Å². The fourth-order valence-electron chi connectivity index (χ4n) is 4.23. The summed E-state index contributed by atoms with van der Waals surface area (Å²) in [4.78, 5) is 40.7. The summed E-state index contributed by atoms with van der Waals surface area (Å²) in [7, 11) is 0. The van der Waals surface area contributed by atoms with Gasteiger partial charge in [0.15, 0.2) is 11.6 Å². The first kappa shape index (κ1) is 22.4. The molecule has 0 unspecified atom stereocenters. The zero-order valence-electron chi connectivity index (χ0n) is 19.5. The minimum absolute atomic E-state index is 0.207. The van der Waals surface area contributed by atoms with Gasteiger partial charge in [-0.1, -0.05) is 48.5 Å². The number of fused-ring (bicyclic) bond motifs is 1. The van der Waals surface area contributed by atoms with Crippen molar-refractivity contribution in [2.75, 3.05) is 11.6 Å². The van der Waals surface area contributed by atoms with Crippen molar-refractivity contribution in [3.05, 3.63) is 113 Å². The Morgan fingerprint density at radius 2 is 1.71 bits per heavy atom. The van der Waals surface area contributed by atoms with Crippen LogP contribution in [0.5, 0.6) is 0 Å². The number of Topliss-reactive ketones (excluding diaryl/α,β-unsaturated/α-hetero) is 2. The van der Waals surface area contributed by atoms with Crippen molar-refractivity contribution in [1.82, 2.24) is 14.5 Å². The number of ketones is 2. The molecule has 0 radical (unpaired) electrons. The molecule has 0 aliphatic carbocycles. The number of anilines is 1. The van der Waals surface area contributed by atoms with E-state index in [2.05, 4.69) is 36.6 Å². The third-order valence-electron chi connectivity index (χ3n) is 5.94. The van der Waals surface area contributed by atoms with E-state index in [-0.39, 0.29) is 18.0 Å². The molecule has 5 rings (SSSR count). The van der Waals surface area contributed by atoms with Crippen molar-refractivity contribution in [2.24, 2.45) is 4.99 Å². The van der Waals surface area contributed by atoms with Gasteiger partial charge in [0.25, 0.3) is 0 Å². The van der Waals surface area contributed by atoms with Gasteiger partial charge in [0.1, 0.15) is 23.9 Å². The fraction of sp³-hybridized carbons (Fsp3) is 0.179. The number of aliphatic imine (C=N–C) groups is 1. The molecule has 0 bridgehead atoms. The molecule has 1 aliphatic heterocycles. The van der Waals surface area contributed by atoms with Gasteiger partial charge in [-0.15, -0.1) is 0 Å². The Kier molecular flexibility index (Phi) is 6.30. The van der Waals surface area contributed by atoms with Crippen LogP contribution in [0.2, 0.25) is 0 Å². The van der Waals surface area contributed by atoms with Crippen LogP contribution < -0.4 is 4.90 Å². The standard InChI is InChI=1S/C28H25N5O2/c1-20-10-11-30-24(12-20)27(35)14-26(34)23-9-5-8-22(13-23)17-33-19-31-25-15-29-18-32(28(25)33)16-21-6-3-2-4-7-21/h2-13,15,19H,14,16-18H2,1H3. The van der Waals surface area contributed by atoms with Gasteiger partial charge in [-0.05, 0) is 41.8 Å². The molecule has 0 saturated heterocycles. The number of carbonyl (C=O) groups excluding carboxylic acids is 2. The Labute approximate surface area is 203 Å². The normalized spacial score (nSPS) is 12.4. The van der Waals surface area contributed by atoms with Crippen LogP contribution in [0.1, 0.15) is 49.7 Å². The van der Waals surface area contributed by atoms with Crippen molar-refractivity contribution in [3.8, 4) is 0 Å². The summed E-state index contributed by atoms with van der Waals surface area (Å²) in [6.45, 7) is 3.73. The predicted octanol–water partition coefficient (Wildman–Crippen LogP) is 4.49. The molecule has 174 valence electrons. The third kappa shape index (κ3) is 5.09. The van der Waals surface area contributed by atoms with Crippen LogP contribution in [0.3, 0.4) is 0 Å². The van der Waals surface area contributed by atoms with Gasteiger partial charge in [0.2, 0.25) is 0 Å². The minimum Gasteiger partial charge on any atom is -0.332 e. The van der Waals surface area contributed by atoms with E-state index >= 15 is 0 Å². The third-order valence-corrected chi connectivity index (χ3v) is 5.94. The highest BCUT2D eigenvalue weighted by Crippen LogP contribution is 2.25. The Balaban J connectivity index is 1.33. The van der Waals surface area contributed by atoms with E-state index in [1.807, 2.05) is 49.4 Å². The second-order valence-electron chi connectivity index (χ2n) is 8.66. The number of benzene rings is 2. The molecule has 35 heavy (non-hydrogen) atoms. The van der Waals surface area contributed by atoms with E-state index in [1.165, 1.54) is 5.56 Å². The Morgan fingerprint density at radius 1 is 0.886 bits per heavy atom. The first-order valence-corrected chi connectivity index (χ1v) is 11.5. The van der Waals surface area contributed by atoms with E-state index in [9.17, 15) is 9.59 Å². The lowest BCUT2D eigenvalue weighted by Crippen LogP contribution is -2.29. The minimum atomic E-state index is -0.274. The molecule has 0 N–H and O–H groups in total. The van der Waals surface area contributed by atoms with E-state index < -0.39 is 0 Å². The molecule has 0 amide bonds. The first-order valence-electron chi connectivity index (χ1n) is 11.5. The number of hydrogen-bond donors (Lipinski definition) is 0. The number of aromatic nitrogens is 3. The second kappa shape index (κ2) is 9.85. The van der Waals surface area contributed by atoms with Crippen LogP contribution >= 0.6 is 0 Å². The molecule has 0 atom stereocenters. The summed E-state index contributed by atoms with van der Waals surface area (Å²) in [6, 6.07) is 21.2. The maximum atomic E-state index is 12.9. The highest BCUT2D eigenvalue weighted by atomic mass is 16.1. The van der Waals surface area contributed by atoms with Crippen LogP contribution in [0.15, 0.2) is 84.2 Å². The fourth-order valence-corrected chi connectivity index (χ4v) is 4.23. The van der Waals surface area contributed by atoms with Gasteiger partial charge >= 0.3 is 0 Å². The number of pyridine rings is 1. The lowest BCUT2D eigenvalue weighted by atomic mass is 10.0. The SMILES string of the molecule is Cc1ccnc(C(=O)CC(=O)c2cccc(Cn3cnc4c3N(Cc3ccccc3)CN=C4)c2)c1. The van der Waals surface area contributed by atoms with Crippen LogP contribution in [0.4, 0.5) is 5.82 Å². The summed E-state index contributed by atoms with van der Waals surface area (Å²) in [6.07, 6.45) is 4.99. The molecule has 7 heteroatoms. The van der Waals surface area contributed by atoms with Crippen molar-refractivity contribution >= 4 is 23.6 Å². The Morgan fingerprint density at radius 3 is 2.54 bits per heavy atom. The molecular weight excluding hydrogens is 438 g/mol. The molecule has 3 heterocycles. The maximum Gasteiger partial charge on any atom is 0.188 e. The number of imidazole rings is 1. The van der Waals surface area contributed by atoms with E-state index in [1.54, 1.807) is 30.9 Å². The van der Waals surface area contributed by atoms with Gasteiger partial charge in [0.05, 0.1) is 25.5 Å². The van der Waals surface area contributed by atoms with E-state index in [0.29, 0.717) is 24.5 Å². The van der Waals surface area contributed by atoms with Crippen molar-refractivity contribution in [1.29, 1.82) is 0 Å². The van der Waals surface area contributed by atoms with Gasteiger partial charge in [-0.2, -0.15) is 0 Å². The topological polar surface area (TPSA) is 80.4 Å². The largest absolute Gasteiger partial charge is 0.332 e. The van der Waals surface area contributed by atoms with Crippen LogP contribution in [0, 0.1) is 6.92 Å². The van der Waals surface area contributed by atoms with Crippen molar-refractivity contribution < 1.29 is 9.59 Å². The van der Waals surface area contributed by atoms with Crippen LogP contribution in [-0.2, 0) is 13.1 Å². The molecule has 2 aromatic carbocycles. The molecule has 2 aromatic heterocycles. The summed E-state index contributed by atoms with van der Waals surface area (Å²) in [5, 5.41) is 0. The smallest absolute Gasteiger partial charge is 0.188 e. The number of nitrogens with zero attached hydrogens (tertiary/aromatic N) is 5. The highest BCUT2D eigenvalue weighted by Gasteiger charge is 2.21. The first-order chi connectivity index (χ1) is 17.1. The summed E-state index contributed by atoms with van der Waals surface area (Å²) in [5.41, 5.74) is 4.76. The van der Waals surface area contributed by atoms with Gasteiger partial charge in [0, 0.05) is 18.3 Å². The number of rotatable bonds is 8. The molecule has 1 aliphatic rings. The lowest BCUT2D eigenvalue weighted by Gasteiger charge is -2.27. The molecule has 0 spiro atoms. The monoisotopic (exact) mass is 463 g/mol. The Hall–Kier alpha value is -4.39. The zero-order chi connectivity index (χ0) is 24.2. The Bertz CT molecular complexity index is 1410. The van der Waals surface area contributed by atoms with Crippen molar-refractivity contribution in [2.45, 2.75) is 26.4 Å². The summed E-state index contributed by atoms with van der Waals surface area (Å²) < 4.78 is 2.08. The van der Waals surface area contributed by atoms with Gasteiger partial charge in [-0.3, -0.25) is 19.6 Å². The molecule has 0 fully saturated rings. The van der Waals surface area contributed by atoms with Gasteiger partial charge in [-0.25, -0.2) is 4.98 Å². The van der Waals surface area contributed by atoms with E-state index in [4.69, 9.17) is 0 Å². The molecule has 7 nitrogen and oxygen atoms in total. The lowest BCUT2D eigenvalue weighted by molar-refractivity contribution is 0.0891. The second-order valence-corrected chi connectivity index (χ2v) is 8.66. The summed E-state index contributed by atoms with van der Waals surface area (Å²) >= 11 is 0. The van der Waals surface area contributed by atoms with Crippen molar-refractivity contribution in [3.63, 3.8) is 0 Å². The highest BCUT2D eigenvalue weighted by molar-refractivity contribution is 6.12.